The van der Waals surface area contributed by atoms with E-state index in [1.807, 2.05) is 24.3 Å². The predicted molar refractivity (Wildman–Crippen MR) is 134 cm³/mol. The summed E-state index contributed by atoms with van der Waals surface area (Å²) in [6, 6.07) is 22.9. The molecule has 0 saturated carbocycles. The maximum atomic E-state index is 6.19. The van der Waals surface area contributed by atoms with Crippen LogP contribution in [0.25, 0.3) is 45.1 Å². The quantitative estimate of drug-likeness (QED) is 0.243. The van der Waals surface area contributed by atoms with E-state index in [1.54, 1.807) is 11.8 Å². The highest BCUT2D eigenvalue weighted by atomic mass is 32.2. The van der Waals surface area contributed by atoms with E-state index in [4.69, 9.17) is 15.1 Å². The van der Waals surface area contributed by atoms with Crippen LogP contribution < -0.4 is 11.1 Å². The molecule has 3 N–H and O–H groups in total. The number of nitrogens with one attached hydrogen (secondary N) is 1. The Morgan fingerprint density at radius 3 is 2.55 bits per heavy atom. The smallest absolute Gasteiger partial charge is 0.177 e. The summed E-state index contributed by atoms with van der Waals surface area (Å²) in [7, 11) is 0. The van der Waals surface area contributed by atoms with Gasteiger partial charge in [-0.15, -0.1) is 11.8 Å². The highest BCUT2D eigenvalue weighted by Gasteiger charge is 2.16. The second-order valence-corrected chi connectivity index (χ2v) is 8.24. The van der Waals surface area contributed by atoms with E-state index in [0.717, 1.165) is 44.2 Å². The first kappa shape index (κ1) is 19.7. The molecular weight excluding hydrogens is 402 g/mol. The Balaban J connectivity index is 1.62. The number of rotatable bonds is 6. The van der Waals surface area contributed by atoms with Gasteiger partial charge in [0.1, 0.15) is 11.1 Å². The Morgan fingerprint density at radius 2 is 1.74 bits per heavy atom. The number of para-hydroxylation sites is 1. The van der Waals surface area contributed by atoms with Gasteiger partial charge in [0.2, 0.25) is 0 Å². The van der Waals surface area contributed by atoms with Gasteiger partial charge in [0, 0.05) is 28.8 Å². The monoisotopic (exact) mass is 425 g/mol. The Kier molecular flexibility index (Phi) is 5.37. The molecule has 5 heteroatoms. The van der Waals surface area contributed by atoms with E-state index in [0.29, 0.717) is 13.1 Å². The van der Waals surface area contributed by atoms with Gasteiger partial charge in [-0.3, -0.25) is 0 Å². The molecule has 0 fully saturated rings. The first-order valence-corrected chi connectivity index (χ1v) is 11.5. The number of hydrogen-bond acceptors (Lipinski definition) is 5. The molecule has 0 aliphatic heterocycles. The maximum Gasteiger partial charge on any atom is 0.177 e. The minimum atomic E-state index is 0.539. The van der Waals surface area contributed by atoms with Crippen molar-refractivity contribution in [3.05, 3.63) is 77.9 Å². The van der Waals surface area contributed by atoms with Crippen molar-refractivity contribution in [2.45, 2.75) is 4.90 Å². The van der Waals surface area contributed by atoms with Crippen molar-refractivity contribution in [2.24, 2.45) is 5.73 Å². The van der Waals surface area contributed by atoms with Gasteiger partial charge >= 0.3 is 0 Å². The third kappa shape index (κ3) is 3.78. The average Bonchev–Trinajstić information content (AvgIpc) is 3.19. The molecular formula is C26H23N3OS. The molecule has 154 valence electrons. The van der Waals surface area contributed by atoms with E-state index in [2.05, 4.69) is 66.2 Å². The van der Waals surface area contributed by atoms with Gasteiger partial charge in [-0.2, -0.15) is 0 Å². The molecule has 4 nitrogen and oxygen atoms in total. The van der Waals surface area contributed by atoms with Crippen LogP contribution in [-0.2, 0) is 0 Å². The summed E-state index contributed by atoms with van der Waals surface area (Å²) in [4.78, 5) is 6.18. The molecule has 0 radical (unpaired) electrons. The summed E-state index contributed by atoms with van der Waals surface area (Å²) >= 11 is 1.75. The van der Waals surface area contributed by atoms with Crippen molar-refractivity contribution >= 4 is 62.6 Å². The highest BCUT2D eigenvalue weighted by molar-refractivity contribution is 7.98. The van der Waals surface area contributed by atoms with E-state index in [1.165, 1.54) is 10.5 Å². The first-order chi connectivity index (χ1) is 15.3. The van der Waals surface area contributed by atoms with Gasteiger partial charge in [-0.05, 0) is 53.8 Å². The minimum absolute atomic E-state index is 0.539. The third-order valence-corrected chi connectivity index (χ3v) is 6.09. The molecule has 2 aromatic heterocycles. The summed E-state index contributed by atoms with van der Waals surface area (Å²) < 4.78 is 6.19. The first-order valence-electron chi connectivity index (χ1n) is 10.3. The van der Waals surface area contributed by atoms with Gasteiger partial charge in [-0.25, -0.2) is 4.98 Å². The number of nitrogens with zero attached hydrogens (tertiary/aromatic N) is 1. The van der Waals surface area contributed by atoms with Crippen LogP contribution in [0.15, 0.2) is 76.0 Å². The molecule has 2 heterocycles. The zero-order valence-electron chi connectivity index (χ0n) is 17.3. The van der Waals surface area contributed by atoms with Crippen LogP contribution in [0.5, 0.6) is 0 Å². The lowest BCUT2D eigenvalue weighted by atomic mass is 10.1. The van der Waals surface area contributed by atoms with Gasteiger partial charge in [0.25, 0.3) is 0 Å². The van der Waals surface area contributed by atoms with Crippen molar-refractivity contribution < 1.29 is 4.42 Å². The van der Waals surface area contributed by atoms with Crippen molar-refractivity contribution in [1.82, 2.24) is 4.98 Å². The number of pyridine rings is 1. The number of hydrogen-bond donors (Lipinski definition) is 2. The summed E-state index contributed by atoms with van der Waals surface area (Å²) in [6.07, 6.45) is 6.34. The molecule has 5 rings (SSSR count). The summed E-state index contributed by atoms with van der Waals surface area (Å²) in [5.41, 5.74) is 12.4. The van der Waals surface area contributed by atoms with Gasteiger partial charge in [0.15, 0.2) is 5.58 Å². The minimum Gasteiger partial charge on any atom is -0.452 e. The van der Waals surface area contributed by atoms with Crippen LogP contribution in [0.4, 0.5) is 5.69 Å². The lowest BCUT2D eigenvalue weighted by molar-refractivity contribution is 0.669. The topological polar surface area (TPSA) is 64.1 Å². The van der Waals surface area contributed by atoms with E-state index in [9.17, 15) is 0 Å². The maximum absolute atomic E-state index is 6.19. The number of furan rings is 1. The van der Waals surface area contributed by atoms with Gasteiger partial charge < -0.3 is 15.5 Å². The van der Waals surface area contributed by atoms with E-state index >= 15 is 0 Å². The molecule has 0 aliphatic rings. The number of nitrogens with two attached hydrogens (primary N) is 1. The Hall–Kier alpha value is -3.28. The molecule has 3 aromatic carbocycles. The average molecular weight is 426 g/mol. The van der Waals surface area contributed by atoms with Crippen molar-refractivity contribution in [2.75, 3.05) is 24.7 Å². The Labute approximate surface area is 185 Å². The second-order valence-electron chi connectivity index (χ2n) is 7.36. The van der Waals surface area contributed by atoms with Crippen LogP contribution >= 0.6 is 11.8 Å². The lowest BCUT2D eigenvalue weighted by Gasteiger charge is -2.10. The number of thioether (sulfide) groups is 1. The summed E-state index contributed by atoms with van der Waals surface area (Å²) in [5.74, 6) is 0. The van der Waals surface area contributed by atoms with Crippen molar-refractivity contribution in [3.63, 3.8) is 0 Å². The lowest BCUT2D eigenvalue weighted by Crippen LogP contribution is -2.13. The third-order valence-electron chi connectivity index (χ3n) is 5.35. The summed E-state index contributed by atoms with van der Waals surface area (Å²) in [5, 5.41) is 5.52. The second kappa shape index (κ2) is 8.46. The van der Waals surface area contributed by atoms with Crippen LogP contribution in [0.2, 0.25) is 0 Å². The zero-order chi connectivity index (χ0) is 21.2. The van der Waals surface area contributed by atoms with E-state index < -0.39 is 0 Å². The van der Waals surface area contributed by atoms with Gasteiger partial charge in [0.05, 0.1) is 11.2 Å². The molecule has 0 aliphatic carbocycles. The molecule has 5 aromatic rings. The Morgan fingerprint density at radius 1 is 0.968 bits per heavy atom. The molecule has 0 unspecified atom stereocenters. The van der Waals surface area contributed by atoms with Gasteiger partial charge in [-0.1, -0.05) is 42.5 Å². The number of benzene rings is 3. The molecule has 0 spiro atoms. The number of aromatic nitrogens is 1. The SMILES string of the molecule is CSc1ccc(/C=C/c2ccc3nc4c(oc5ccccc54)c(NCCN)c3c2)cc1. The Bertz CT molecular complexity index is 1400. The molecule has 31 heavy (non-hydrogen) atoms. The molecule has 0 bridgehead atoms. The molecule has 0 atom stereocenters. The fraction of sp³-hybridized carbons (Fsp3) is 0.115. The van der Waals surface area contributed by atoms with Crippen LogP contribution in [0.3, 0.4) is 0 Å². The van der Waals surface area contributed by atoms with E-state index in [-0.39, 0.29) is 0 Å². The largest absolute Gasteiger partial charge is 0.452 e. The molecule has 0 saturated heterocycles. The normalized spacial score (nSPS) is 11.8. The predicted octanol–water partition coefficient (Wildman–Crippen LogP) is 6.40. The standard InChI is InChI=1S/C26H23N3OS/c1-31-19-11-8-17(9-12-19)6-7-18-10-13-22-21(16-18)24(28-15-14-27)26-25(29-22)20-4-2-3-5-23(20)30-26/h2-13,16H,14-15,27H2,1H3,(H,28,29)/b7-6+. The number of fused-ring (bicyclic) bond motifs is 4. The van der Waals surface area contributed by atoms with Crippen LogP contribution in [-0.4, -0.2) is 24.3 Å². The van der Waals surface area contributed by atoms with Crippen LogP contribution in [0.1, 0.15) is 11.1 Å². The fourth-order valence-electron chi connectivity index (χ4n) is 3.79. The fourth-order valence-corrected chi connectivity index (χ4v) is 4.20. The number of anilines is 1. The molecule has 0 amide bonds. The van der Waals surface area contributed by atoms with Crippen molar-refractivity contribution in [3.8, 4) is 0 Å². The highest BCUT2D eigenvalue weighted by Crippen LogP contribution is 2.37. The van der Waals surface area contributed by atoms with Crippen LogP contribution in [0, 0.1) is 0 Å². The zero-order valence-corrected chi connectivity index (χ0v) is 18.1. The summed E-state index contributed by atoms with van der Waals surface area (Å²) in [6.45, 7) is 1.20. The van der Waals surface area contributed by atoms with Crippen molar-refractivity contribution in [1.29, 1.82) is 0 Å².